The maximum Gasteiger partial charge on any atom is 0.266 e. The van der Waals surface area contributed by atoms with Gasteiger partial charge >= 0.3 is 0 Å². The Morgan fingerprint density at radius 3 is 2.62 bits per heavy atom. The van der Waals surface area contributed by atoms with Crippen molar-refractivity contribution >= 4 is 28.5 Å². The number of benzene rings is 3. The van der Waals surface area contributed by atoms with E-state index in [2.05, 4.69) is 27.3 Å². The average Bonchev–Trinajstić information content (AvgIpc) is 3.16. The summed E-state index contributed by atoms with van der Waals surface area (Å²) >= 11 is 0. The molecule has 1 aliphatic heterocycles. The highest BCUT2D eigenvalue weighted by molar-refractivity contribution is 5.99. The highest BCUT2D eigenvalue weighted by atomic mass is 16.5. The van der Waals surface area contributed by atoms with Crippen LogP contribution in [0.2, 0.25) is 0 Å². The predicted molar refractivity (Wildman–Crippen MR) is 121 cm³/mol. The number of para-hydroxylation sites is 4. The molecule has 0 radical (unpaired) electrons. The first-order valence-corrected chi connectivity index (χ1v) is 10.5. The van der Waals surface area contributed by atoms with Gasteiger partial charge in [0.1, 0.15) is 11.6 Å². The number of carbonyl (C=O) groups excluding carboxylic acids is 2. The van der Waals surface area contributed by atoms with Crippen LogP contribution in [0.15, 0.2) is 78.9 Å². The Bertz CT molecular complexity index is 1280. The monoisotopic (exact) mass is 426 g/mol. The van der Waals surface area contributed by atoms with Gasteiger partial charge < -0.3 is 19.9 Å². The summed E-state index contributed by atoms with van der Waals surface area (Å²) in [4.78, 5) is 29.6. The lowest BCUT2D eigenvalue weighted by Crippen LogP contribution is -2.41. The van der Waals surface area contributed by atoms with Crippen LogP contribution >= 0.6 is 0 Å². The minimum absolute atomic E-state index is 0.0704. The lowest BCUT2D eigenvalue weighted by atomic mass is 10.1. The van der Waals surface area contributed by atoms with E-state index < -0.39 is 6.10 Å². The standard InChI is InChI=1S/C25H22N4O3/c30-24(14-22-25(31)28-19-11-5-7-13-21(19)32-22)26-15-23-27-18-10-4-6-12-20(18)29(23)16-17-8-2-1-3-9-17/h1-13,22H,14-16H2,(H,26,30)(H,28,31). The van der Waals surface area contributed by atoms with Crippen LogP contribution in [0.5, 0.6) is 5.75 Å². The van der Waals surface area contributed by atoms with E-state index in [1.807, 2.05) is 54.6 Å². The van der Waals surface area contributed by atoms with Gasteiger partial charge in [0.2, 0.25) is 5.91 Å². The molecule has 32 heavy (non-hydrogen) atoms. The Kier molecular flexibility index (Phi) is 5.29. The molecular weight excluding hydrogens is 404 g/mol. The summed E-state index contributed by atoms with van der Waals surface area (Å²) in [5.74, 6) is 0.718. The van der Waals surface area contributed by atoms with Gasteiger partial charge in [0.15, 0.2) is 6.10 Å². The van der Waals surface area contributed by atoms with Crippen LogP contribution in [0.1, 0.15) is 17.8 Å². The van der Waals surface area contributed by atoms with Gasteiger partial charge in [-0.2, -0.15) is 0 Å². The number of nitrogens with zero attached hydrogens (tertiary/aromatic N) is 2. The van der Waals surface area contributed by atoms with E-state index >= 15 is 0 Å². The first-order chi connectivity index (χ1) is 15.7. The number of nitrogens with one attached hydrogen (secondary N) is 2. The third kappa shape index (κ3) is 4.05. The number of hydrogen-bond acceptors (Lipinski definition) is 4. The normalized spacial score (nSPS) is 15.0. The molecule has 5 rings (SSSR count). The van der Waals surface area contributed by atoms with Gasteiger partial charge in [0, 0.05) is 6.54 Å². The lowest BCUT2D eigenvalue weighted by Gasteiger charge is -2.25. The summed E-state index contributed by atoms with van der Waals surface area (Å²) in [6.07, 6.45) is -0.938. The van der Waals surface area contributed by atoms with Crippen molar-refractivity contribution in [2.24, 2.45) is 0 Å². The molecule has 2 heterocycles. The third-order valence-electron chi connectivity index (χ3n) is 5.44. The van der Waals surface area contributed by atoms with E-state index in [1.165, 1.54) is 0 Å². The molecule has 0 fully saturated rings. The zero-order valence-corrected chi connectivity index (χ0v) is 17.3. The van der Waals surface area contributed by atoms with E-state index in [-0.39, 0.29) is 24.8 Å². The summed E-state index contributed by atoms with van der Waals surface area (Å²) in [7, 11) is 0. The number of carbonyl (C=O) groups is 2. The molecular formula is C25H22N4O3. The summed E-state index contributed by atoms with van der Waals surface area (Å²) in [5.41, 5.74) is 3.64. The largest absolute Gasteiger partial charge is 0.478 e. The van der Waals surface area contributed by atoms with Gasteiger partial charge in [-0.05, 0) is 29.8 Å². The molecule has 4 aromatic rings. The molecule has 0 saturated heterocycles. The number of imidazole rings is 1. The zero-order chi connectivity index (χ0) is 21.9. The molecule has 1 unspecified atom stereocenters. The van der Waals surface area contributed by atoms with Crippen molar-refractivity contribution in [3.63, 3.8) is 0 Å². The second-order valence-corrected chi connectivity index (χ2v) is 7.66. The van der Waals surface area contributed by atoms with Crippen LogP contribution in [-0.2, 0) is 22.7 Å². The van der Waals surface area contributed by atoms with Crippen molar-refractivity contribution in [2.45, 2.75) is 25.6 Å². The molecule has 0 bridgehead atoms. The lowest BCUT2D eigenvalue weighted by molar-refractivity contribution is -0.130. The number of ether oxygens (including phenoxy) is 1. The fourth-order valence-electron chi connectivity index (χ4n) is 3.85. The quantitative estimate of drug-likeness (QED) is 0.494. The maximum atomic E-state index is 12.6. The highest BCUT2D eigenvalue weighted by Gasteiger charge is 2.29. The summed E-state index contributed by atoms with van der Waals surface area (Å²) in [6, 6.07) is 25.2. The predicted octanol–water partition coefficient (Wildman–Crippen LogP) is 3.49. The number of fused-ring (bicyclic) bond motifs is 2. The Balaban J connectivity index is 1.29. The van der Waals surface area contributed by atoms with Crippen LogP contribution in [-0.4, -0.2) is 27.5 Å². The van der Waals surface area contributed by atoms with Gasteiger partial charge in [0.25, 0.3) is 5.91 Å². The van der Waals surface area contributed by atoms with Gasteiger partial charge in [-0.3, -0.25) is 9.59 Å². The van der Waals surface area contributed by atoms with Gasteiger partial charge in [0.05, 0.1) is 29.7 Å². The average molecular weight is 426 g/mol. The van der Waals surface area contributed by atoms with E-state index in [4.69, 9.17) is 9.72 Å². The molecule has 0 saturated carbocycles. The first-order valence-electron chi connectivity index (χ1n) is 10.5. The van der Waals surface area contributed by atoms with Crippen LogP contribution < -0.4 is 15.4 Å². The molecule has 3 aromatic carbocycles. The van der Waals surface area contributed by atoms with Crippen molar-refractivity contribution < 1.29 is 14.3 Å². The van der Waals surface area contributed by atoms with E-state index in [0.717, 1.165) is 22.4 Å². The molecule has 160 valence electrons. The third-order valence-corrected chi connectivity index (χ3v) is 5.44. The summed E-state index contributed by atoms with van der Waals surface area (Å²) in [5, 5.41) is 5.68. The Hall–Kier alpha value is -4.13. The number of anilines is 1. The minimum Gasteiger partial charge on any atom is -0.478 e. The molecule has 0 spiro atoms. The number of amides is 2. The zero-order valence-electron chi connectivity index (χ0n) is 17.3. The molecule has 1 aliphatic rings. The molecule has 2 amide bonds. The molecule has 7 heteroatoms. The van der Waals surface area contributed by atoms with Crippen molar-refractivity contribution in [3.05, 3.63) is 90.3 Å². The van der Waals surface area contributed by atoms with E-state index in [9.17, 15) is 9.59 Å². The van der Waals surface area contributed by atoms with Crippen LogP contribution in [0.25, 0.3) is 11.0 Å². The smallest absolute Gasteiger partial charge is 0.266 e. The van der Waals surface area contributed by atoms with Crippen LogP contribution in [0.3, 0.4) is 0 Å². The second-order valence-electron chi connectivity index (χ2n) is 7.66. The molecule has 7 nitrogen and oxygen atoms in total. The van der Waals surface area contributed by atoms with E-state index in [1.54, 1.807) is 12.1 Å². The topological polar surface area (TPSA) is 85.2 Å². The van der Waals surface area contributed by atoms with Crippen molar-refractivity contribution in [2.75, 3.05) is 5.32 Å². The second kappa shape index (κ2) is 8.55. The van der Waals surface area contributed by atoms with Crippen molar-refractivity contribution in [3.8, 4) is 5.75 Å². The number of hydrogen-bond donors (Lipinski definition) is 2. The minimum atomic E-state index is -0.868. The summed E-state index contributed by atoms with van der Waals surface area (Å²) < 4.78 is 7.83. The molecule has 1 aromatic heterocycles. The summed E-state index contributed by atoms with van der Waals surface area (Å²) in [6.45, 7) is 0.906. The van der Waals surface area contributed by atoms with Crippen molar-refractivity contribution in [1.82, 2.24) is 14.9 Å². The number of rotatable bonds is 6. The first kappa shape index (κ1) is 19.8. The van der Waals surface area contributed by atoms with Crippen molar-refractivity contribution in [1.29, 1.82) is 0 Å². The molecule has 0 aliphatic carbocycles. The number of aromatic nitrogens is 2. The maximum absolute atomic E-state index is 12.6. The van der Waals surface area contributed by atoms with E-state index in [0.29, 0.717) is 18.0 Å². The highest BCUT2D eigenvalue weighted by Crippen LogP contribution is 2.29. The Morgan fingerprint density at radius 1 is 1.00 bits per heavy atom. The fourth-order valence-corrected chi connectivity index (χ4v) is 3.85. The van der Waals surface area contributed by atoms with Gasteiger partial charge in [-0.1, -0.05) is 54.6 Å². The van der Waals surface area contributed by atoms with Gasteiger partial charge in [-0.25, -0.2) is 4.98 Å². The SMILES string of the molecule is O=C(CC1Oc2ccccc2NC1=O)NCc1nc2ccccc2n1Cc1ccccc1. The Morgan fingerprint density at radius 2 is 1.75 bits per heavy atom. The van der Waals surface area contributed by atoms with Gasteiger partial charge in [-0.15, -0.1) is 0 Å². The molecule has 1 atom stereocenters. The Labute approximate surface area is 185 Å². The molecule has 2 N–H and O–H groups in total. The van der Waals surface area contributed by atoms with Crippen LogP contribution in [0.4, 0.5) is 5.69 Å². The fraction of sp³-hybridized carbons (Fsp3) is 0.160. The van der Waals surface area contributed by atoms with Crippen LogP contribution in [0, 0.1) is 0 Å².